The lowest BCUT2D eigenvalue weighted by Crippen LogP contribution is -2.38. The minimum absolute atomic E-state index is 0.119. The van der Waals surface area contributed by atoms with Crippen molar-refractivity contribution in [3.05, 3.63) is 24.0 Å². The van der Waals surface area contributed by atoms with Gasteiger partial charge in [-0.3, -0.25) is 0 Å². The second kappa shape index (κ2) is 4.59. The number of nitrogen functional groups attached to an aromatic ring is 1. The van der Waals surface area contributed by atoms with E-state index in [0.717, 1.165) is 6.07 Å². The Labute approximate surface area is 99.5 Å². The van der Waals surface area contributed by atoms with Gasteiger partial charge in [0.15, 0.2) is 0 Å². The number of benzene rings is 1. The summed E-state index contributed by atoms with van der Waals surface area (Å²) in [5, 5.41) is 9.41. The van der Waals surface area contributed by atoms with E-state index in [-0.39, 0.29) is 17.1 Å². The van der Waals surface area contributed by atoms with Crippen molar-refractivity contribution in [1.29, 1.82) is 0 Å². The molecule has 0 bridgehead atoms. The molecule has 0 atom stereocenters. The van der Waals surface area contributed by atoms with Gasteiger partial charge in [-0.05, 0) is 32.0 Å². The smallest absolute Gasteiger partial charge is 0.240 e. The van der Waals surface area contributed by atoms with Crippen molar-refractivity contribution in [1.82, 2.24) is 4.72 Å². The molecule has 0 aromatic heterocycles. The number of hydrogen-bond donors (Lipinski definition) is 3. The minimum atomic E-state index is -3.84. The summed E-state index contributed by atoms with van der Waals surface area (Å²) >= 11 is 0. The third-order valence-corrected chi connectivity index (χ3v) is 3.38. The highest BCUT2D eigenvalue weighted by Crippen LogP contribution is 2.16. The predicted octanol–water partition coefficient (Wildman–Crippen LogP) is 0.457. The molecule has 1 aromatic rings. The van der Waals surface area contributed by atoms with Gasteiger partial charge in [-0.2, -0.15) is 0 Å². The molecule has 0 saturated carbocycles. The van der Waals surface area contributed by atoms with Gasteiger partial charge >= 0.3 is 0 Å². The maximum Gasteiger partial charge on any atom is 0.240 e. The van der Waals surface area contributed by atoms with Crippen LogP contribution in [0.3, 0.4) is 0 Å². The van der Waals surface area contributed by atoms with Gasteiger partial charge in [0.05, 0.1) is 16.2 Å². The van der Waals surface area contributed by atoms with Crippen LogP contribution < -0.4 is 10.5 Å². The van der Waals surface area contributed by atoms with E-state index in [1.807, 2.05) is 0 Å². The Bertz CT molecular complexity index is 509. The fourth-order valence-corrected chi connectivity index (χ4v) is 2.25. The Morgan fingerprint density at radius 2 is 2.06 bits per heavy atom. The molecule has 0 aliphatic heterocycles. The average molecular weight is 262 g/mol. The van der Waals surface area contributed by atoms with E-state index in [0.29, 0.717) is 0 Å². The van der Waals surface area contributed by atoms with E-state index >= 15 is 0 Å². The second-order valence-electron chi connectivity index (χ2n) is 4.32. The number of rotatable bonds is 4. The lowest BCUT2D eigenvalue weighted by molar-refractivity contribution is 0.0857. The Hall–Kier alpha value is -1.18. The highest BCUT2D eigenvalue weighted by molar-refractivity contribution is 7.89. The summed E-state index contributed by atoms with van der Waals surface area (Å²) < 4.78 is 38.7. The van der Waals surface area contributed by atoms with E-state index in [4.69, 9.17) is 5.73 Å². The molecule has 0 fully saturated rings. The van der Waals surface area contributed by atoms with E-state index in [9.17, 15) is 17.9 Å². The molecule has 1 rings (SSSR count). The zero-order chi connectivity index (χ0) is 13.3. The van der Waals surface area contributed by atoms with Crippen LogP contribution in [-0.2, 0) is 10.0 Å². The number of hydrogen-bond acceptors (Lipinski definition) is 4. The monoisotopic (exact) mass is 262 g/mol. The van der Waals surface area contributed by atoms with Crippen LogP contribution in [-0.4, -0.2) is 25.7 Å². The summed E-state index contributed by atoms with van der Waals surface area (Å²) in [6.45, 7) is 2.75. The first-order valence-electron chi connectivity index (χ1n) is 4.89. The van der Waals surface area contributed by atoms with Crippen LogP contribution in [0.5, 0.6) is 0 Å². The van der Waals surface area contributed by atoms with Gasteiger partial charge in [0, 0.05) is 6.54 Å². The molecule has 7 heteroatoms. The van der Waals surface area contributed by atoms with Crippen LogP contribution in [0.1, 0.15) is 13.8 Å². The summed E-state index contributed by atoms with van der Waals surface area (Å²) in [4.78, 5) is -0.228. The molecular formula is C10H15FN2O3S. The van der Waals surface area contributed by atoms with Gasteiger partial charge in [0.1, 0.15) is 5.82 Å². The van der Waals surface area contributed by atoms with Crippen molar-refractivity contribution < 1.29 is 17.9 Å². The van der Waals surface area contributed by atoms with Crippen molar-refractivity contribution in [2.75, 3.05) is 12.3 Å². The molecule has 0 radical (unpaired) electrons. The molecule has 0 spiro atoms. The molecule has 96 valence electrons. The molecule has 5 nitrogen and oxygen atoms in total. The van der Waals surface area contributed by atoms with Crippen molar-refractivity contribution >= 4 is 15.7 Å². The first-order chi connectivity index (χ1) is 7.62. The van der Waals surface area contributed by atoms with Gasteiger partial charge in [-0.25, -0.2) is 17.5 Å². The van der Waals surface area contributed by atoms with Crippen LogP contribution >= 0.6 is 0 Å². The zero-order valence-corrected chi connectivity index (χ0v) is 10.4. The third-order valence-electron chi connectivity index (χ3n) is 1.98. The molecule has 0 saturated heterocycles. The number of nitrogens with one attached hydrogen (secondary N) is 1. The van der Waals surface area contributed by atoms with E-state index in [1.165, 1.54) is 26.0 Å². The van der Waals surface area contributed by atoms with Crippen LogP contribution in [0, 0.1) is 5.82 Å². The van der Waals surface area contributed by atoms with Gasteiger partial charge in [-0.1, -0.05) is 0 Å². The van der Waals surface area contributed by atoms with Gasteiger partial charge in [-0.15, -0.1) is 0 Å². The summed E-state index contributed by atoms with van der Waals surface area (Å²) in [6, 6.07) is 3.21. The Morgan fingerprint density at radius 3 is 2.53 bits per heavy atom. The molecule has 0 aliphatic carbocycles. The number of aliphatic hydroxyl groups is 1. The van der Waals surface area contributed by atoms with E-state index in [1.54, 1.807) is 0 Å². The first-order valence-corrected chi connectivity index (χ1v) is 6.37. The molecular weight excluding hydrogens is 247 g/mol. The summed E-state index contributed by atoms with van der Waals surface area (Å²) in [5.41, 5.74) is 3.94. The third kappa shape index (κ3) is 3.95. The van der Waals surface area contributed by atoms with E-state index < -0.39 is 21.4 Å². The Balaban J connectivity index is 2.94. The predicted molar refractivity (Wildman–Crippen MR) is 62.3 cm³/mol. The number of halogens is 1. The number of sulfonamides is 1. The van der Waals surface area contributed by atoms with Crippen molar-refractivity contribution in [2.24, 2.45) is 0 Å². The molecule has 0 unspecified atom stereocenters. The second-order valence-corrected chi connectivity index (χ2v) is 6.09. The average Bonchev–Trinajstić information content (AvgIpc) is 2.18. The first kappa shape index (κ1) is 13.9. The van der Waals surface area contributed by atoms with E-state index in [2.05, 4.69) is 4.72 Å². The number of nitrogens with two attached hydrogens (primary N) is 1. The Kier molecular flexibility index (Phi) is 3.75. The van der Waals surface area contributed by atoms with Crippen molar-refractivity contribution in [3.63, 3.8) is 0 Å². The lowest BCUT2D eigenvalue weighted by atomic mass is 10.1. The SMILES string of the molecule is CC(C)(O)CNS(=O)(=O)c1ccc(N)c(F)c1. The lowest BCUT2D eigenvalue weighted by Gasteiger charge is -2.17. The number of anilines is 1. The summed E-state index contributed by atoms with van der Waals surface area (Å²) in [7, 11) is -3.84. The molecule has 17 heavy (non-hydrogen) atoms. The maximum absolute atomic E-state index is 13.1. The quantitative estimate of drug-likeness (QED) is 0.687. The molecule has 0 heterocycles. The maximum atomic E-state index is 13.1. The van der Waals surface area contributed by atoms with Gasteiger partial charge < -0.3 is 10.8 Å². The zero-order valence-electron chi connectivity index (χ0n) is 9.57. The highest BCUT2D eigenvalue weighted by atomic mass is 32.2. The summed E-state index contributed by atoms with van der Waals surface area (Å²) in [5.74, 6) is -0.795. The Morgan fingerprint density at radius 1 is 1.47 bits per heavy atom. The highest BCUT2D eigenvalue weighted by Gasteiger charge is 2.20. The van der Waals surface area contributed by atoms with Crippen LogP contribution in [0.25, 0.3) is 0 Å². The van der Waals surface area contributed by atoms with Gasteiger partial charge in [0.25, 0.3) is 0 Å². The normalized spacial score (nSPS) is 12.7. The summed E-state index contributed by atoms with van der Waals surface area (Å²) in [6.07, 6.45) is 0. The van der Waals surface area contributed by atoms with Crippen LogP contribution in [0.15, 0.2) is 23.1 Å². The largest absolute Gasteiger partial charge is 0.396 e. The molecule has 4 N–H and O–H groups in total. The molecule has 0 aliphatic rings. The fraction of sp³-hybridized carbons (Fsp3) is 0.400. The van der Waals surface area contributed by atoms with Crippen LogP contribution in [0.2, 0.25) is 0 Å². The standard InChI is InChI=1S/C10H15FN2O3S/c1-10(2,14)6-13-17(15,16)7-3-4-9(12)8(11)5-7/h3-5,13-14H,6,12H2,1-2H3. The molecule has 1 aromatic carbocycles. The van der Waals surface area contributed by atoms with Crippen LogP contribution in [0.4, 0.5) is 10.1 Å². The van der Waals surface area contributed by atoms with Crippen molar-refractivity contribution in [3.8, 4) is 0 Å². The fourth-order valence-electron chi connectivity index (χ4n) is 1.03. The van der Waals surface area contributed by atoms with Crippen molar-refractivity contribution in [2.45, 2.75) is 24.3 Å². The molecule has 0 amide bonds. The van der Waals surface area contributed by atoms with Gasteiger partial charge in [0.2, 0.25) is 10.0 Å². The topological polar surface area (TPSA) is 92.4 Å². The minimum Gasteiger partial charge on any atom is -0.396 e.